The van der Waals surface area contributed by atoms with Crippen molar-refractivity contribution in [3.05, 3.63) is 21.9 Å². The predicted octanol–water partition coefficient (Wildman–Crippen LogP) is 3.01. The number of rotatable bonds is 1. The van der Waals surface area contributed by atoms with Crippen LogP contribution < -0.4 is 0 Å². The second kappa shape index (κ2) is 3.68. The average molecular weight is 216 g/mol. The molecule has 0 aliphatic heterocycles. The van der Waals surface area contributed by atoms with Crippen LogP contribution >= 0.6 is 11.3 Å². The summed E-state index contributed by atoms with van der Waals surface area (Å²) in [7, 11) is 0. The highest BCUT2D eigenvalue weighted by Crippen LogP contribution is 2.44. The molecule has 3 heteroatoms. The van der Waals surface area contributed by atoms with Gasteiger partial charge in [-0.05, 0) is 36.3 Å². The molecule has 1 aliphatic carbocycles. The molecule has 1 unspecified atom stereocenters. The maximum absolute atomic E-state index is 9.04. The van der Waals surface area contributed by atoms with Gasteiger partial charge in [0, 0.05) is 10.3 Å². The van der Waals surface area contributed by atoms with Crippen LogP contribution in [0.5, 0.6) is 0 Å². The van der Waals surface area contributed by atoms with Crippen molar-refractivity contribution in [3.8, 4) is 12.1 Å². The molecule has 0 fully saturated rings. The van der Waals surface area contributed by atoms with Gasteiger partial charge in [0.2, 0.25) is 0 Å². The highest BCUT2D eigenvalue weighted by molar-refractivity contribution is 7.10. The van der Waals surface area contributed by atoms with Crippen LogP contribution in [0.15, 0.2) is 11.4 Å². The van der Waals surface area contributed by atoms with Crippen LogP contribution in [0, 0.1) is 28.6 Å². The molecule has 0 N–H and O–H groups in total. The van der Waals surface area contributed by atoms with Crippen molar-refractivity contribution in [2.75, 3.05) is 0 Å². The van der Waals surface area contributed by atoms with E-state index in [1.54, 1.807) is 11.3 Å². The summed E-state index contributed by atoms with van der Waals surface area (Å²) in [5.74, 6) is -0.522. The third-order valence-electron chi connectivity index (χ3n) is 3.36. The SMILES string of the molecule is CC1(C(C#N)C#N)CCCc2sccc21. The Morgan fingerprint density at radius 1 is 1.47 bits per heavy atom. The fourth-order valence-corrected chi connectivity index (χ4v) is 3.47. The molecule has 1 heterocycles. The summed E-state index contributed by atoms with van der Waals surface area (Å²) in [6.45, 7) is 2.05. The lowest BCUT2D eigenvalue weighted by Crippen LogP contribution is -2.33. The van der Waals surface area contributed by atoms with Crippen LogP contribution in [0.25, 0.3) is 0 Å². The zero-order chi connectivity index (χ0) is 10.9. The van der Waals surface area contributed by atoms with E-state index in [0.717, 1.165) is 19.3 Å². The highest BCUT2D eigenvalue weighted by Gasteiger charge is 2.40. The first-order valence-corrected chi connectivity index (χ1v) is 5.96. The summed E-state index contributed by atoms with van der Waals surface area (Å²) in [6.07, 6.45) is 3.14. The molecule has 1 aromatic heterocycles. The largest absolute Gasteiger partial charge is 0.197 e. The van der Waals surface area contributed by atoms with E-state index < -0.39 is 5.92 Å². The molecule has 0 saturated heterocycles. The van der Waals surface area contributed by atoms with Crippen LogP contribution in [-0.4, -0.2) is 0 Å². The Morgan fingerprint density at radius 2 is 2.20 bits per heavy atom. The van der Waals surface area contributed by atoms with Crippen molar-refractivity contribution in [2.24, 2.45) is 5.92 Å². The number of hydrogen-bond donors (Lipinski definition) is 0. The Bertz CT molecular complexity index is 435. The molecule has 1 aliphatic rings. The van der Waals surface area contributed by atoms with Gasteiger partial charge < -0.3 is 0 Å². The zero-order valence-corrected chi connectivity index (χ0v) is 9.47. The Morgan fingerprint density at radius 3 is 2.87 bits per heavy atom. The molecule has 0 spiro atoms. The van der Waals surface area contributed by atoms with Gasteiger partial charge >= 0.3 is 0 Å². The molecule has 0 bridgehead atoms. The van der Waals surface area contributed by atoms with Crippen LogP contribution in [0.2, 0.25) is 0 Å². The summed E-state index contributed by atoms with van der Waals surface area (Å²) >= 11 is 1.75. The molecular formula is C12H12N2S. The van der Waals surface area contributed by atoms with Gasteiger partial charge in [0.25, 0.3) is 0 Å². The molecule has 2 rings (SSSR count). The second-order valence-corrected chi connectivity index (χ2v) is 5.22. The predicted molar refractivity (Wildman–Crippen MR) is 59.3 cm³/mol. The van der Waals surface area contributed by atoms with Gasteiger partial charge in [0.1, 0.15) is 5.92 Å². The standard InChI is InChI=1S/C12H12N2S/c1-12(9(7-13)8-14)5-2-3-11-10(12)4-6-15-11/h4,6,9H,2-3,5H2,1H3. The molecule has 1 atom stereocenters. The first kappa shape index (κ1) is 10.2. The Balaban J connectivity index is 2.49. The number of aryl methyl sites for hydroxylation is 1. The Kier molecular flexibility index (Phi) is 2.50. The molecule has 0 radical (unpaired) electrons. The summed E-state index contributed by atoms with van der Waals surface area (Å²) in [6, 6.07) is 6.36. The minimum atomic E-state index is -0.522. The molecule has 2 nitrogen and oxygen atoms in total. The van der Waals surface area contributed by atoms with Crippen LogP contribution in [0.1, 0.15) is 30.2 Å². The van der Waals surface area contributed by atoms with Crippen LogP contribution in [0.3, 0.4) is 0 Å². The van der Waals surface area contributed by atoms with E-state index >= 15 is 0 Å². The lowest BCUT2D eigenvalue weighted by molar-refractivity contribution is 0.353. The zero-order valence-electron chi connectivity index (χ0n) is 8.66. The number of nitriles is 2. The van der Waals surface area contributed by atoms with Crippen molar-refractivity contribution in [3.63, 3.8) is 0 Å². The molecule has 76 valence electrons. The van der Waals surface area contributed by atoms with E-state index in [2.05, 4.69) is 30.5 Å². The van der Waals surface area contributed by atoms with Crippen molar-refractivity contribution < 1.29 is 0 Å². The van der Waals surface area contributed by atoms with E-state index in [0.29, 0.717) is 0 Å². The molecular weight excluding hydrogens is 204 g/mol. The fraction of sp³-hybridized carbons (Fsp3) is 0.500. The number of thiophene rings is 1. The van der Waals surface area contributed by atoms with Gasteiger partial charge in [-0.25, -0.2) is 0 Å². The van der Waals surface area contributed by atoms with E-state index in [9.17, 15) is 0 Å². The van der Waals surface area contributed by atoms with E-state index in [1.165, 1.54) is 10.4 Å². The van der Waals surface area contributed by atoms with E-state index in [1.807, 2.05) is 0 Å². The molecule has 1 aromatic rings. The van der Waals surface area contributed by atoms with Crippen LogP contribution in [-0.2, 0) is 11.8 Å². The van der Waals surface area contributed by atoms with Gasteiger partial charge in [0.15, 0.2) is 0 Å². The Labute approximate surface area is 93.8 Å². The van der Waals surface area contributed by atoms with Crippen molar-refractivity contribution in [1.82, 2.24) is 0 Å². The highest BCUT2D eigenvalue weighted by atomic mass is 32.1. The summed E-state index contributed by atoms with van der Waals surface area (Å²) < 4.78 is 0. The number of hydrogen-bond acceptors (Lipinski definition) is 3. The molecule has 0 saturated carbocycles. The average Bonchev–Trinajstić information content (AvgIpc) is 2.69. The quantitative estimate of drug-likeness (QED) is 0.724. The topological polar surface area (TPSA) is 47.6 Å². The van der Waals surface area contributed by atoms with Gasteiger partial charge in [0.05, 0.1) is 12.1 Å². The lowest BCUT2D eigenvalue weighted by atomic mass is 9.67. The number of nitrogens with zero attached hydrogens (tertiary/aromatic N) is 2. The van der Waals surface area contributed by atoms with Gasteiger partial charge in [-0.2, -0.15) is 10.5 Å². The third kappa shape index (κ3) is 1.44. The fourth-order valence-electron chi connectivity index (χ4n) is 2.41. The lowest BCUT2D eigenvalue weighted by Gasteiger charge is -2.34. The maximum atomic E-state index is 9.04. The summed E-state index contributed by atoms with van der Waals surface area (Å²) in [5, 5.41) is 20.1. The summed E-state index contributed by atoms with van der Waals surface area (Å²) in [4.78, 5) is 1.36. The van der Waals surface area contributed by atoms with E-state index in [-0.39, 0.29) is 5.41 Å². The van der Waals surface area contributed by atoms with Gasteiger partial charge in [-0.1, -0.05) is 6.92 Å². The molecule has 15 heavy (non-hydrogen) atoms. The van der Waals surface area contributed by atoms with Crippen molar-refractivity contribution in [2.45, 2.75) is 31.6 Å². The smallest absolute Gasteiger partial charge is 0.142 e. The second-order valence-electron chi connectivity index (χ2n) is 4.22. The van der Waals surface area contributed by atoms with Gasteiger partial charge in [-0.15, -0.1) is 11.3 Å². The van der Waals surface area contributed by atoms with Gasteiger partial charge in [-0.3, -0.25) is 0 Å². The van der Waals surface area contributed by atoms with E-state index in [4.69, 9.17) is 10.5 Å². The molecule has 0 amide bonds. The van der Waals surface area contributed by atoms with Crippen molar-refractivity contribution >= 4 is 11.3 Å². The first-order valence-electron chi connectivity index (χ1n) is 5.08. The Hall–Kier alpha value is -1.32. The third-order valence-corrected chi connectivity index (χ3v) is 4.34. The van der Waals surface area contributed by atoms with Crippen molar-refractivity contribution in [1.29, 1.82) is 10.5 Å². The molecule has 0 aromatic carbocycles. The number of fused-ring (bicyclic) bond motifs is 1. The first-order chi connectivity index (χ1) is 7.22. The summed E-state index contributed by atoms with van der Waals surface area (Å²) in [5.41, 5.74) is 0.976. The van der Waals surface area contributed by atoms with Crippen LogP contribution in [0.4, 0.5) is 0 Å². The normalized spacial score (nSPS) is 24.3. The maximum Gasteiger partial charge on any atom is 0.142 e. The monoisotopic (exact) mass is 216 g/mol. The minimum Gasteiger partial charge on any atom is -0.197 e. The minimum absolute atomic E-state index is 0.253.